The summed E-state index contributed by atoms with van der Waals surface area (Å²) in [7, 11) is 0. The zero-order chi connectivity index (χ0) is 23.3. The van der Waals surface area contributed by atoms with Gasteiger partial charge in [-0.1, -0.05) is 0 Å². The Kier molecular flexibility index (Phi) is 5.99. The third-order valence-corrected chi connectivity index (χ3v) is 5.85. The largest absolute Gasteiger partial charge is 0.494 e. The van der Waals surface area contributed by atoms with E-state index in [4.69, 9.17) is 9.72 Å². The molecule has 0 bridgehead atoms. The highest BCUT2D eigenvalue weighted by molar-refractivity contribution is 7.21. The molecule has 3 N–H and O–H groups in total. The number of hydrazine groups is 1. The predicted molar refractivity (Wildman–Crippen MR) is 131 cm³/mol. The van der Waals surface area contributed by atoms with Gasteiger partial charge in [-0.25, -0.2) is 20.2 Å². The van der Waals surface area contributed by atoms with Gasteiger partial charge in [0.2, 0.25) is 0 Å². The Morgan fingerprint density at radius 2 is 1.97 bits per heavy atom. The van der Waals surface area contributed by atoms with Crippen molar-refractivity contribution in [1.29, 1.82) is 0 Å². The van der Waals surface area contributed by atoms with Crippen LogP contribution in [0.25, 0.3) is 26.6 Å². The van der Waals surface area contributed by atoms with Crippen LogP contribution < -0.4 is 20.9 Å². The second kappa shape index (κ2) is 9.55. The Labute approximate surface area is 198 Å². The summed E-state index contributed by atoms with van der Waals surface area (Å²) >= 11 is 1.60. The Balaban J connectivity index is 1.18. The smallest absolute Gasteiger partial charge is 0.337 e. The van der Waals surface area contributed by atoms with Gasteiger partial charge in [0.05, 0.1) is 16.8 Å². The minimum Gasteiger partial charge on any atom is -0.494 e. The van der Waals surface area contributed by atoms with Crippen molar-refractivity contribution in [3.63, 3.8) is 0 Å². The molecule has 2 amide bonds. The van der Waals surface area contributed by atoms with Crippen LogP contribution in [0.3, 0.4) is 0 Å². The number of nitrogens with one attached hydrogen (secondary N) is 3. The molecule has 0 radical (unpaired) electrons. The number of imidazole rings is 1. The summed E-state index contributed by atoms with van der Waals surface area (Å²) in [6.07, 6.45) is 5.05. The molecular weight excluding hydrogens is 452 g/mol. The fraction of sp³-hybridized carbons (Fsp3) is 0.0870. The van der Waals surface area contributed by atoms with Crippen molar-refractivity contribution in [3.05, 3.63) is 73.3 Å². The Morgan fingerprint density at radius 3 is 2.71 bits per heavy atom. The molecule has 0 aliphatic carbocycles. The molecule has 3 aromatic heterocycles. The van der Waals surface area contributed by atoms with Gasteiger partial charge < -0.3 is 10.1 Å². The molecule has 0 aliphatic heterocycles. The zero-order valence-electron chi connectivity index (χ0n) is 18.1. The minimum atomic E-state index is -0.434. The summed E-state index contributed by atoms with van der Waals surface area (Å²) in [6, 6.07) is 16.4. The average molecular weight is 473 g/mol. The van der Waals surface area contributed by atoms with Gasteiger partial charge >= 0.3 is 6.03 Å². The summed E-state index contributed by atoms with van der Waals surface area (Å²) in [5.74, 6) is 1.86. The van der Waals surface area contributed by atoms with Crippen molar-refractivity contribution in [2.24, 2.45) is 0 Å². The number of nitrogens with zero attached hydrogens (tertiary/aromatic N) is 5. The molecule has 0 aliphatic rings. The summed E-state index contributed by atoms with van der Waals surface area (Å²) < 4.78 is 8.36. The fourth-order valence-corrected chi connectivity index (χ4v) is 4.19. The number of rotatable bonds is 7. The minimum absolute atomic E-state index is 0.401. The molecule has 5 aromatic rings. The van der Waals surface area contributed by atoms with Crippen LogP contribution in [0.4, 0.5) is 16.3 Å². The first-order chi connectivity index (χ1) is 16.7. The normalized spacial score (nSPS) is 10.7. The number of fused-ring (bicyclic) bond motifs is 1. The lowest BCUT2D eigenvalue weighted by atomic mass is 10.2. The highest BCUT2D eigenvalue weighted by atomic mass is 32.1. The number of anilines is 2. The van der Waals surface area contributed by atoms with Crippen LogP contribution in [0.1, 0.15) is 6.92 Å². The first-order valence-corrected chi connectivity index (χ1v) is 11.3. The van der Waals surface area contributed by atoms with Crippen LogP contribution in [0.2, 0.25) is 0 Å². The monoisotopic (exact) mass is 472 g/mol. The second-order valence-electron chi connectivity index (χ2n) is 7.11. The Bertz CT molecular complexity index is 1400. The summed E-state index contributed by atoms with van der Waals surface area (Å²) in [5, 5.41) is 11.8. The van der Waals surface area contributed by atoms with Gasteiger partial charge in [0.15, 0.2) is 11.6 Å². The van der Waals surface area contributed by atoms with E-state index in [1.54, 1.807) is 46.8 Å². The van der Waals surface area contributed by atoms with Gasteiger partial charge in [0.25, 0.3) is 0 Å². The zero-order valence-corrected chi connectivity index (χ0v) is 18.9. The van der Waals surface area contributed by atoms with E-state index in [1.165, 1.54) is 0 Å². The third kappa shape index (κ3) is 4.79. The molecule has 0 saturated carbocycles. The maximum absolute atomic E-state index is 12.2. The molecule has 10 nitrogen and oxygen atoms in total. The predicted octanol–water partition coefficient (Wildman–Crippen LogP) is 4.49. The molecule has 170 valence electrons. The number of carbonyl (C=O) groups excluding carboxylic acids is 1. The van der Waals surface area contributed by atoms with E-state index in [2.05, 4.69) is 31.3 Å². The van der Waals surface area contributed by atoms with E-state index in [0.29, 0.717) is 23.9 Å². The van der Waals surface area contributed by atoms with Gasteiger partial charge in [-0.3, -0.25) is 9.99 Å². The van der Waals surface area contributed by atoms with Crippen LogP contribution in [0, 0.1) is 0 Å². The van der Waals surface area contributed by atoms with E-state index < -0.39 is 6.03 Å². The van der Waals surface area contributed by atoms with E-state index in [1.807, 2.05) is 49.4 Å². The highest BCUT2D eigenvalue weighted by Crippen LogP contribution is 2.32. The van der Waals surface area contributed by atoms with Crippen LogP contribution >= 0.6 is 11.3 Å². The third-order valence-electron chi connectivity index (χ3n) is 4.78. The molecule has 0 spiro atoms. The number of carbonyl (C=O) groups is 1. The first-order valence-electron chi connectivity index (χ1n) is 10.5. The van der Waals surface area contributed by atoms with Crippen LogP contribution in [0.5, 0.6) is 5.75 Å². The van der Waals surface area contributed by atoms with Crippen molar-refractivity contribution >= 4 is 39.1 Å². The van der Waals surface area contributed by atoms with Gasteiger partial charge in [-0.15, -0.1) is 21.5 Å². The number of amides is 2. The molecule has 0 fully saturated rings. The van der Waals surface area contributed by atoms with E-state index >= 15 is 0 Å². The Hall–Kier alpha value is -4.51. The molecular formula is C23H20N8O2S. The van der Waals surface area contributed by atoms with Gasteiger partial charge in [-0.05, 0) is 61.5 Å². The number of ether oxygens (including phenoxy) is 1. The van der Waals surface area contributed by atoms with Crippen molar-refractivity contribution < 1.29 is 9.53 Å². The van der Waals surface area contributed by atoms with Gasteiger partial charge in [-0.2, -0.15) is 0 Å². The number of hydrogen-bond donors (Lipinski definition) is 3. The second-order valence-corrected chi connectivity index (χ2v) is 8.14. The average Bonchev–Trinajstić information content (AvgIpc) is 3.54. The van der Waals surface area contributed by atoms with Gasteiger partial charge in [0, 0.05) is 23.6 Å². The van der Waals surface area contributed by atoms with Crippen molar-refractivity contribution in [1.82, 2.24) is 30.2 Å². The standard InChI is InChI=1S/C23H20N8O2S/c1-2-33-17-7-8-18-19(13-17)34-22(26-18)15-3-5-16(6-4-15)25-23(32)30-28-20-9-10-21(29-27-20)31-12-11-24-14-31/h3-14H,2H2,1H3,(H,27,28)(H2,25,30,32). The number of aromatic nitrogens is 5. The lowest BCUT2D eigenvalue weighted by Gasteiger charge is -2.09. The van der Waals surface area contributed by atoms with E-state index in [-0.39, 0.29) is 0 Å². The molecule has 0 saturated heterocycles. The molecule has 3 heterocycles. The first kappa shape index (κ1) is 21.3. The van der Waals surface area contributed by atoms with Crippen molar-refractivity contribution in [3.8, 4) is 22.1 Å². The van der Waals surface area contributed by atoms with Crippen LogP contribution in [0.15, 0.2) is 73.3 Å². The van der Waals surface area contributed by atoms with Crippen molar-refractivity contribution in [2.75, 3.05) is 17.3 Å². The lowest BCUT2D eigenvalue weighted by molar-refractivity contribution is 0.254. The SMILES string of the molecule is CCOc1ccc2nc(-c3ccc(NC(=O)NNc4ccc(-n5ccnc5)nn4)cc3)sc2c1. The fourth-order valence-electron chi connectivity index (χ4n) is 3.19. The summed E-state index contributed by atoms with van der Waals surface area (Å²) in [6.45, 7) is 2.59. The molecule has 5 rings (SSSR count). The molecule has 0 atom stereocenters. The Morgan fingerprint density at radius 1 is 1.09 bits per heavy atom. The number of hydrogen-bond acceptors (Lipinski definition) is 8. The quantitative estimate of drug-likeness (QED) is 0.299. The number of urea groups is 1. The lowest BCUT2D eigenvalue weighted by Crippen LogP contribution is -2.34. The molecule has 34 heavy (non-hydrogen) atoms. The van der Waals surface area contributed by atoms with E-state index in [0.717, 1.165) is 26.5 Å². The molecule has 11 heteroatoms. The summed E-state index contributed by atoms with van der Waals surface area (Å²) in [5.41, 5.74) is 7.80. The van der Waals surface area contributed by atoms with Gasteiger partial charge in [0.1, 0.15) is 17.1 Å². The molecule has 0 unspecified atom stereocenters. The number of benzene rings is 2. The number of thiazole rings is 1. The maximum Gasteiger partial charge on any atom is 0.337 e. The summed E-state index contributed by atoms with van der Waals surface area (Å²) in [4.78, 5) is 20.9. The van der Waals surface area contributed by atoms with Crippen molar-refractivity contribution in [2.45, 2.75) is 6.92 Å². The van der Waals surface area contributed by atoms with E-state index in [9.17, 15) is 4.79 Å². The molecule has 2 aromatic carbocycles. The highest BCUT2D eigenvalue weighted by Gasteiger charge is 2.09. The topological polar surface area (TPSA) is 119 Å². The van der Waals surface area contributed by atoms with Crippen LogP contribution in [-0.4, -0.2) is 37.4 Å². The maximum atomic E-state index is 12.2. The van der Waals surface area contributed by atoms with Crippen LogP contribution in [-0.2, 0) is 0 Å².